The Morgan fingerprint density at radius 3 is 2.59 bits per heavy atom. The van der Waals surface area contributed by atoms with Crippen LogP contribution < -0.4 is 10.1 Å². The van der Waals surface area contributed by atoms with Crippen LogP contribution in [0, 0.1) is 11.8 Å². The minimum absolute atomic E-state index is 0.474. The van der Waals surface area contributed by atoms with E-state index < -0.39 is 0 Å². The maximum absolute atomic E-state index is 5.14. The third-order valence-corrected chi connectivity index (χ3v) is 2.62. The molecule has 17 heavy (non-hydrogen) atoms. The molecule has 0 bridgehead atoms. The average molecular weight is 231 g/mol. The predicted molar refractivity (Wildman–Crippen MR) is 72.2 cm³/mol. The molecule has 0 aliphatic carbocycles. The highest BCUT2D eigenvalue weighted by molar-refractivity contribution is 5.27. The maximum atomic E-state index is 5.14. The Labute approximate surface area is 104 Å². The fraction of sp³-hybridized carbons (Fsp3) is 0.467. The van der Waals surface area contributed by atoms with Crippen LogP contribution in [0.1, 0.15) is 25.8 Å². The lowest BCUT2D eigenvalue weighted by molar-refractivity contribution is 0.414. The summed E-state index contributed by atoms with van der Waals surface area (Å²) in [6.07, 6.45) is 1.95. The molecule has 0 heterocycles. The van der Waals surface area contributed by atoms with Crippen LogP contribution in [0.5, 0.6) is 5.75 Å². The third kappa shape index (κ3) is 5.42. The molecule has 0 saturated carbocycles. The molecule has 0 aliphatic rings. The summed E-state index contributed by atoms with van der Waals surface area (Å²) < 4.78 is 5.14. The van der Waals surface area contributed by atoms with E-state index in [0.717, 1.165) is 25.1 Å². The van der Waals surface area contributed by atoms with E-state index in [-0.39, 0.29) is 0 Å². The molecule has 2 nitrogen and oxygen atoms in total. The molecular weight excluding hydrogens is 210 g/mol. The van der Waals surface area contributed by atoms with E-state index in [2.05, 4.69) is 36.2 Å². The van der Waals surface area contributed by atoms with Crippen LogP contribution in [0.15, 0.2) is 24.3 Å². The van der Waals surface area contributed by atoms with Crippen LogP contribution >= 0.6 is 0 Å². The van der Waals surface area contributed by atoms with E-state index in [9.17, 15) is 0 Å². The lowest BCUT2D eigenvalue weighted by Crippen LogP contribution is -2.28. The highest BCUT2D eigenvalue weighted by Gasteiger charge is 2.02. The largest absolute Gasteiger partial charge is 0.497 e. The Bertz CT molecular complexity index is 372. The molecule has 0 radical (unpaired) electrons. The Morgan fingerprint density at radius 1 is 1.29 bits per heavy atom. The predicted octanol–water partition coefficient (Wildman–Crippen LogP) is 2.63. The van der Waals surface area contributed by atoms with Gasteiger partial charge in [0.15, 0.2) is 0 Å². The number of methoxy groups -OCH3 is 1. The summed E-state index contributed by atoms with van der Waals surface area (Å²) in [4.78, 5) is 0. The van der Waals surface area contributed by atoms with E-state index in [0.29, 0.717) is 6.04 Å². The quantitative estimate of drug-likeness (QED) is 0.600. The highest BCUT2D eigenvalue weighted by atomic mass is 16.5. The zero-order valence-corrected chi connectivity index (χ0v) is 10.9. The SMILES string of the molecule is CC#CCCNC(C)Cc1ccc(OC)cc1. The summed E-state index contributed by atoms with van der Waals surface area (Å²) in [5.41, 5.74) is 1.33. The van der Waals surface area contributed by atoms with Gasteiger partial charge in [-0.2, -0.15) is 0 Å². The van der Waals surface area contributed by atoms with Crippen molar-refractivity contribution in [3.05, 3.63) is 29.8 Å². The number of hydrogen-bond acceptors (Lipinski definition) is 2. The average Bonchev–Trinajstić information content (AvgIpc) is 2.36. The van der Waals surface area contributed by atoms with Gasteiger partial charge in [0, 0.05) is 19.0 Å². The summed E-state index contributed by atoms with van der Waals surface area (Å²) >= 11 is 0. The van der Waals surface area contributed by atoms with Gasteiger partial charge in [-0.3, -0.25) is 0 Å². The molecule has 2 heteroatoms. The van der Waals surface area contributed by atoms with Crippen molar-refractivity contribution in [2.45, 2.75) is 32.7 Å². The molecule has 0 aliphatic heterocycles. The minimum Gasteiger partial charge on any atom is -0.497 e. The first-order valence-corrected chi connectivity index (χ1v) is 6.02. The van der Waals surface area contributed by atoms with E-state index in [1.165, 1.54) is 5.56 Å². The lowest BCUT2D eigenvalue weighted by atomic mass is 10.1. The van der Waals surface area contributed by atoms with Crippen molar-refractivity contribution in [3.63, 3.8) is 0 Å². The summed E-state index contributed by atoms with van der Waals surface area (Å²) in [5.74, 6) is 6.86. The first-order chi connectivity index (χ1) is 8.26. The summed E-state index contributed by atoms with van der Waals surface area (Å²) in [6, 6.07) is 8.71. The van der Waals surface area contributed by atoms with Crippen molar-refractivity contribution in [1.82, 2.24) is 5.32 Å². The van der Waals surface area contributed by atoms with Crippen LogP contribution in [-0.4, -0.2) is 19.7 Å². The second-order valence-electron chi connectivity index (χ2n) is 4.08. The van der Waals surface area contributed by atoms with Gasteiger partial charge >= 0.3 is 0 Å². The third-order valence-electron chi connectivity index (χ3n) is 2.62. The standard InChI is InChI=1S/C15H21NO/c1-4-5-6-11-16-13(2)12-14-7-9-15(17-3)10-8-14/h7-10,13,16H,6,11-12H2,1-3H3. The molecule has 0 aromatic heterocycles. The number of nitrogens with one attached hydrogen (secondary N) is 1. The van der Waals surface area contributed by atoms with E-state index in [4.69, 9.17) is 4.74 Å². The fourth-order valence-electron chi connectivity index (χ4n) is 1.69. The van der Waals surface area contributed by atoms with E-state index in [1.54, 1.807) is 7.11 Å². The minimum atomic E-state index is 0.474. The Hall–Kier alpha value is -1.46. The summed E-state index contributed by atoms with van der Waals surface area (Å²) in [5, 5.41) is 3.46. The van der Waals surface area contributed by atoms with Gasteiger partial charge < -0.3 is 10.1 Å². The molecule has 1 aromatic rings. The van der Waals surface area contributed by atoms with Crippen molar-refractivity contribution in [2.24, 2.45) is 0 Å². The number of hydrogen-bond donors (Lipinski definition) is 1. The first kappa shape index (κ1) is 13.6. The Morgan fingerprint density at radius 2 is 2.00 bits per heavy atom. The van der Waals surface area contributed by atoms with Gasteiger partial charge in [-0.05, 0) is 38.0 Å². The van der Waals surface area contributed by atoms with Crippen molar-refractivity contribution in [2.75, 3.05) is 13.7 Å². The maximum Gasteiger partial charge on any atom is 0.118 e. The highest BCUT2D eigenvalue weighted by Crippen LogP contribution is 2.12. The molecule has 1 aromatic carbocycles. The smallest absolute Gasteiger partial charge is 0.118 e. The van der Waals surface area contributed by atoms with Gasteiger partial charge in [-0.1, -0.05) is 12.1 Å². The lowest BCUT2D eigenvalue weighted by Gasteiger charge is -2.13. The molecule has 1 rings (SSSR count). The first-order valence-electron chi connectivity index (χ1n) is 6.02. The second-order valence-corrected chi connectivity index (χ2v) is 4.08. The number of benzene rings is 1. The van der Waals surface area contributed by atoms with Crippen LogP contribution in [0.4, 0.5) is 0 Å². The van der Waals surface area contributed by atoms with Crippen LogP contribution in [0.2, 0.25) is 0 Å². The van der Waals surface area contributed by atoms with Crippen LogP contribution in [0.3, 0.4) is 0 Å². The van der Waals surface area contributed by atoms with Crippen LogP contribution in [0.25, 0.3) is 0 Å². The Kier molecular flexibility index (Phi) is 6.21. The van der Waals surface area contributed by atoms with Gasteiger partial charge in [0.05, 0.1) is 7.11 Å². The van der Waals surface area contributed by atoms with Gasteiger partial charge in [-0.25, -0.2) is 0 Å². The van der Waals surface area contributed by atoms with E-state index in [1.807, 2.05) is 19.1 Å². The monoisotopic (exact) mass is 231 g/mol. The molecule has 0 fully saturated rings. The van der Waals surface area contributed by atoms with Gasteiger partial charge in [0.25, 0.3) is 0 Å². The van der Waals surface area contributed by atoms with Crippen molar-refractivity contribution in [1.29, 1.82) is 0 Å². The van der Waals surface area contributed by atoms with Gasteiger partial charge in [0.1, 0.15) is 5.75 Å². The molecule has 1 N–H and O–H groups in total. The van der Waals surface area contributed by atoms with Crippen molar-refractivity contribution >= 4 is 0 Å². The molecule has 92 valence electrons. The molecule has 0 spiro atoms. The molecule has 1 unspecified atom stereocenters. The van der Waals surface area contributed by atoms with Crippen molar-refractivity contribution < 1.29 is 4.74 Å². The number of ether oxygens (including phenoxy) is 1. The second kappa shape index (κ2) is 7.76. The summed E-state index contributed by atoms with van der Waals surface area (Å²) in [6.45, 7) is 5.03. The van der Waals surface area contributed by atoms with Gasteiger partial charge in [0.2, 0.25) is 0 Å². The summed E-state index contributed by atoms with van der Waals surface area (Å²) in [7, 11) is 1.69. The fourth-order valence-corrected chi connectivity index (χ4v) is 1.69. The topological polar surface area (TPSA) is 21.3 Å². The Balaban J connectivity index is 2.33. The van der Waals surface area contributed by atoms with Crippen molar-refractivity contribution in [3.8, 4) is 17.6 Å². The molecule has 0 amide bonds. The van der Waals surface area contributed by atoms with E-state index >= 15 is 0 Å². The zero-order chi connectivity index (χ0) is 12.5. The molecule has 1 atom stereocenters. The number of rotatable bonds is 6. The zero-order valence-electron chi connectivity index (χ0n) is 10.9. The van der Waals surface area contributed by atoms with Crippen LogP contribution in [-0.2, 0) is 6.42 Å². The van der Waals surface area contributed by atoms with Gasteiger partial charge in [-0.15, -0.1) is 11.8 Å². The molecule has 0 saturated heterocycles. The molecular formula is C15H21NO. The normalized spacial score (nSPS) is 11.5.